The third-order valence-electron chi connectivity index (χ3n) is 6.27. The first-order valence-corrected chi connectivity index (χ1v) is 11.0. The van der Waals surface area contributed by atoms with Gasteiger partial charge in [-0.2, -0.15) is 0 Å². The highest BCUT2D eigenvalue weighted by atomic mass is 16.5. The zero-order valence-electron chi connectivity index (χ0n) is 19.2. The van der Waals surface area contributed by atoms with Gasteiger partial charge in [0.2, 0.25) is 5.89 Å². The monoisotopic (exact) mass is 446 g/mol. The molecule has 1 aliphatic rings. The minimum atomic E-state index is -0.122. The lowest BCUT2D eigenvalue weighted by Gasteiger charge is -2.20. The van der Waals surface area contributed by atoms with E-state index in [0.717, 1.165) is 36.1 Å². The molecule has 33 heavy (non-hydrogen) atoms. The summed E-state index contributed by atoms with van der Waals surface area (Å²) in [6, 6.07) is 7.45. The van der Waals surface area contributed by atoms with Crippen molar-refractivity contribution in [1.82, 2.24) is 19.5 Å². The zero-order chi connectivity index (χ0) is 23.1. The second-order valence-electron chi connectivity index (χ2n) is 8.58. The third kappa shape index (κ3) is 3.86. The number of aromatic nitrogens is 4. The quantitative estimate of drug-likeness (QED) is 0.458. The molecule has 0 unspecified atom stereocenters. The summed E-state index contributed by atoms with van der Waals surface area (Å²) in [7, 11) is 3.17. The normalized spacial score (nSPS) is 15.5. The Balaban J connectivity index is 1.48. The predicted molar refractivity (Wildman–Crippen MR) is 124 cm³/mol. The van der Waals surface area contributed by atoms with E-state index in [1.807, 2.05) is 25.1 Å². The van der Waals surface area contributed by atoms with Crippen molar-refractivity contribution in [2.75, 3.05) is 14.2 Å². The fraction of sp³-hybridized carbons (Fsp3) is 0.360. The number of hydrogen-bond acceptors (Lipinski definition) is 7. The van der Waals surface area contributed by atoms with Gasteiger partial charge in [0.15, 0.2) is 17.1 Å². The van der Waals surface area contributed by atoms with Gasteiger partial charge in [0.25, 0.3) is 5.56 Å². The Morgan fingerprint density at radius 3 is 2.76 bits per heavy atom. The van der Waals surface area contributed by atoms with Crippen LogP contribution in [0.25, 0.3) is 22.5 Å². The van der Waals surface area contributed by atoms with E-state index in [-0.39, 0.29) is 12.1 Å². The van der Waals surface area contributed by atoms with Crippen molar-refractivity contribution in [2.45, 2.75) is 39.7 Å². The molecule has 0 amide bonds. The molecule has 1 atom stereocenters. The van der Waals surface area contributed by atoms with E-state index in [4.69, 9.17) is 13.9 Å². The minimum absolute atomic E-state index is 0.122. The van der Waals surface area contributed by atoms with Crippen LogP contribution in [0.4, 0.5) is 0 Å². The summed E-state index contributed by atoms with van der Waals surface area (Å²) in [5.41, 5.74) is 4.04. The van der Waals surface area contributed by atoms with Crippen LogP contribution in [0, 0.1) is 12.8 Å². The fourth-order valence-corrected chi connectivity index (χ4v) is 4.36. The summed E-state index contributed by atoms with van der Waals surface area (Å²) < 4.78 is 18.1. The highest BCUT2D eigenvalue weighted by Crippen LogP contribution is 2.32. The Morgan fingerprint density at radius 1 is 1.15 bits per heavy atom. The molecule has 170 valence electrons. The first-order chi connectivity index (χ1) is 16.0. The number of hydrogen-bond donors (Lipinski definition) is 0. The number of rotatable bonds is 5. The number of ether oxygens (including phenoxy) is 2. The highest BCUT2D eigenvalue weighted by Gasteiger charge is 2.20. The molecule has 0 radical (unpaired) electrons. The van der Waals surface area contributed by atoms with Crippen molar-refractivity contribution in [2.24, 2.45) is 5.92 Å². The minimum Gasteiger partial charge on any atom is -0.493 e. The van der Waals surface area contributed by atoms with Gasteiger partial charge in [-0.1, -0.05) is 6.92 Å². The molecule has 0 aliphatic heterocycles. The lowest BCUT2D eigenvalue weighted by atomic mass is 9.87. The van der Waals surface area contributed by atoms with E-state index < -0.39 is 0 Å². The fourth-order valence-electron chi connectivity index (χ4n) is 4.36. The Labute approximate surface area is 191 Å². The van der Waals surface area contributed by atoms with Gasteiger partial charge >= 0.3 is 0 Å². The molecule has 0 saturated heterocycles. The molecule has 4 aromatic rings. The summed E-state index contributed by atoms with van der Waals surface area (Å²) >= 11 is 0. The van der Waals surface area contributed by atoms with E-state index in [0.29, 0.717) is 45.8 Å². The Morgan fingerprint density at radius 2 is 1.97 bits per heavy atom. The van der Waals surface area contributed by atoms with E-state index >= 15 is 0 Å². The van der Waals surface area contributed by atoms with Gasteiger partial charge < -0.3 is 13.9 Å². The zero-order valence-corrected chi connectivity index (χ0v) is 19.2. The van der Waals surface area contributed by atoms with Gasteiger partial charge in [0, 0.05) is 11.3 Å². The molecule has 5 rings (SSSR count). The van der Waals surface area contributed by atoms with Crippen molar-refractivity contribution in [3.63, 3.8) is 0 Å². The number of benzene rings is 1. The Bertz CT molecular complexity index is 1410. The average Bonchev–Trinajstić information content (AvgIpc) is 3.19. The van der Waals surface area contributed by atoms with Crippen molar-refractivity contribution in [3.8, 4) is 23.0 Å². The van der Waals surface area contributed by atoms with Gasteiger partial charge in [-0.3, -0.25) is 9.36 Å². The van der Waals surface area contributed by atoms with Gasteiger partial charge in [0.1, 0.15) is 17.8 Å². The maximum atomic E-state index is 13.2. The smallest absolute Gasteiger partial charge is 0.263 e. The number of oxazole rings is 1. The van der Waals surface area contributed by atoms with Crippen LogP contribution in [0.2, 0.25) is 0 Å². The van der Waals surface area contributed by atoms with Gasteiger partial charge in [-0.25, -0.2) is 15.0 Å². The van der Waals surface area contributed by atoms with Crippen LogP contribution in [-0.4, -0.2) is 33.7 Å². The van der Waals surface area contributed by atoms with Gasteiger partial charge in [0.05, 0.1) is 26.2 Å². The Hall–Kier alpha value is -3.68. The number of nitrogens with zero attached hydrogens (tertiary/aromatic N) is 4. The van der Waals surface area contributed by atoms with Crippen LogP contribution in [0.3, 0.4) is 0 Å². The molecule has 3 aromatic heterocycles. The van der Waals surface area contributed by atoms with E-state index in [1.165, 1.54) is 0 Å². The molecule has 8 heteroatoms. The van der Waals surface area contributed by atoms with Crippen LogP contribution in [-0.2, 0) is 19.4 Å². The molecular formula is C25H26N4O4. The van der Waals surface area contributed by atoms with Gasteiger partial charge in [-0.05, 0) is 61.9 Å². The van der Waals surface area contributed by atoms with Crippen molar-refractivity contribution < 1.29 is 13.9 Å². The average molecular weight is 447 g/mol. The van der Waals surface area contributed by atoms with Crippen LogP contribution >= 0.6 is 0 Å². The molecule has 1 aliphatic carbocycles. The van der Waals surface area contributed by atoms with Crippen LogP contribution in [0.1, 0.15) is 36.1 Å². The number of pyridine rings is 1. The molecule has 0 bridgehead atoms. The molecular weight excluding hydrogens is 420 g/mol. The maximum absolute atomic E-state index is 13.2. The van der Waals surface area contributed by atoms with Crippen molar-refractivity contribution >= 4 is 11.0 Å². The summed E-state index contributed by atoms with van der Waals surface area (Å²) in [4.78, 5) is 27.0. The first kappa shape index (κ1) is 21.2. The first-order valence-electron chi connectivity index (χ1n) is 11.0. The summed E-state index contributed by atoms with van der Waals surface area (Å²) in [6.07, 6.45) is 4.55. The van der Waals surface area contributed by atoms with Crippen LogP contribution in [0.15, 0.2) is 39.8 Å². The van der Waals surface area contributed by atoms with Crippen molar-refractivity contribution in [1.29, 1.82) is 0 Å². The third-order valence-corrected chi connectivity index (χ3v) is 6.27. The second-order valence-corrected chi connectivity index (χ2v) is 8.58. The highest BCUT2D eigenvalue weighted by molar-refractivity contribution is 5.74. The topological polar surface area (TPSA) is 92.3 Å². The van der Waals surface area contributed by atoms with Gasteiger partial charge in [-0.15, -0.1) is 0 Å². The lowest BCUT2D eigenvalue weighted by molar-refractivity contribution is 0.355. The standard InChI is InChI=1S/C25H26N4O4/c1-14-5-7-19-17(9-14)10-18-23(27-19)26-13-29(25(18)30)12-20-15(2)33-24(28-20)16-6-8-21(31-3)22(11-16)32-4/h6,8,10-11,13-14H,5,7,9,12H2,1-4H3/t14-/m0/s1. The molecule has 0 fully saturated rings. The van der Waals surface area contributed by atoms with E-state index in [9.17, 15) is 4.79 Å². The largest absolute Gasteiger partial charge is 0.493 e. The molecule has 0 N–H and O–H groups in total. The van der Waals surface area contributed by atoms with Crippen LogP contribution in [0.5, 0.6) is 11.5 Å². The predicted octanol–water partition coefficient (Wildman–Crippen LogP) is 3.95. The second kappa shape index (κ2) is 8.35. The molecule has 0 saturated carbocycles. The Kier molecular flexibility index (Phi) is 5.36. The molecule has 3 heterocycles. The summed E-state index contributed by atoms with van der Waals surface area (Å²) in [5, 5.41) is 0.548. The number of methoxy groups -OCH3 is 2. The van der Waals surface area contributed by atoms with E-state index in [1.54, 1.807) is 31.2 Å². The van der Waals surface area contributed by atoms with Crippen molar-refractivity contribution in [3.05, 3.63) is 63.7 Å². The number of aryl methyl sites for hydroxylation is 2. The van der Waals surface area contributed by atoms with E-state index in [2.05, 4.69) is 21.9 Å². The maximum Gasteiger partial charge on any atom is 0.263 e. The number of fused-ring (bicyclic) bond motifs is 2. The molecule has 8 nitrogen and oxygen atoms in total. The molecule has 0 spiro atoms. The molecule has 1 aromatic carbocycles. The van der Waals surface area contributed by atoms with Crippen LogP contribution < -0.4 is 15.0 Å². The SMILES string of the molecule is COc1ccc(-c2nc(Cn3cnc4nc5c(cc4c3=O)C[C@@H](C)CC5)c(C)o2)cc1OC. The lowest BCUT2D eigenvalue weighted by Crippen LogP contribution is -2.23. The summed E-state index contributed by atoms with van der Waals surface area (Å²) in [5.74, 6) is 2.92. The summed E-state index contributed by atoms with van der Waals surface area (Å²) in [6.45, 7) is 4.33.